The largest absolute Gasteiger partial charge is 0.399 e. The molecule has 6 nitrogen and oxygen atoms in total. The van der Waals surface area contributed by atoms with E-state index in [1.54, 1.807) is 16.4 Å². The number of aromatic nitrogens is 3. The molecule has 0 unspecified atom stereocenters. The summed E-state index contributed by atoms with van der Waals surface area (Å²) < 4.78 is 3.49. The molecule has 6 heteroatoms. The van der Waals surface area contributed by atoms with Gasteiger partial charge in [-0.25, -0.2) is 4.68 Å². The van der Waals surface area contributed by atoms with Gasteiger partial charge >= 0.3 is 0 Å². The summed E-state index contributed by atoms with van der Waals surface area (Å²) in [6.07, 6.45) is 5.69. The van der Waals surface area contributed by atoms with E-state index in [0.717, 1.165) is 33.8 Å². The summed E-state index contributed by atoms with van der Waals surface area (Å²) in [5.74, 6) is 0. The fourth-order valence-electron chi connectivity index (χ4n) is 2.51. The topological polar surface area (TPSA) is 73.5 Å². The second-order valence-electron chi connectivity index (χ2n) is 5.20. The Balaban J connectivity index is 2.09. The zero-order valence-corrected chi connectivity index (χ0v) is 13.1. The second-order valence-corrected chi connectivity index (χ2v) is 5.20. The minimum atomic E-state index is 0.720. The van der Waals surface area contributed by atoms with E-state index in [4.69, 9.17) is 5.73 Å². The number of nitrogens with zero attached hydrogens (tertiary/aromatic N) is 5. The van der Waals surface area contributed by atoms with Gasteiger partial charge in [0.2, 0.25) is 0 Å². The van der Waals surface area contributed by atoms with Crippen LogP contribution in [0.5, 0.6) is 0 Å². The van der Waals surface area contributed by atoms with E-state index in [1.165, 1.54) is 0 Å². The molecule has 0 aliphatic rings. The molecule has 0 aliphatic heterocycles. The number of aryl methyl sites for hydroxylation is 1. The maximum atomic E-state index is 5.76. The molecule has 2 heterocycles. The smallest absolute Gasteiger partial charge is 0.0910 e. The lowest BCUT2D eigenvalue weighted by atomic mass is 10.1. The van der Waals surface area contributed by atoms with Crippen molar-refractivity contribution in [1.29, 1.82) is 0 Å². The monoisotopic (exact) mass is 306 g/mol. The molecular weight excluding hydrogens is 288 g/mol. The van der Waals surface area contributed by atoms with Crippen LogP contribution in [0.1, 0.15) is 11.3 Å². The van der Waals surface area contributed by atoms with Crippen LogP contribution in [0.15, 0.2) is 59.0 Å². The van der Waals surface area contributed by atoms with Crippen LogP contribution in [0.4, 0.5) is 5.69 Å². The first kappa shape index (κ1) is 14.8. The Morgan fingerprint density at radius 2 is 1.91 bits per heavy atom. The Hall–Kier alpha value is -3.15. The maximum absolute atomic E-state index is 5.76. The van der Waals surface area contributed by atoms with Gasteiger partial charge in [0.25, 0.3) is 0 Å². The number of nitrogens with two attached hydrogens (primary N) is 1. The molecule has 0 atom stereocenters. The van der Waals surface area contributed by atoms with E-state index in [9.17, 15) is 0 Å². The molecule has 2 N–H and O–H groups in total. The number of rotatable bonds is 4. The molecule has 3 rings (SSSR count). The zero-order valence-electron chi connectivity index (χ0n) is 13.1. The van der Waals surface area contributed by atoms with Crippen molar-refractivity contribution in [1.82, 2.24) is 14.5 Å². The van der Waals surface area contributed by atoms with Gasteiger partial charge < -0.3 is 5.73 Å². The standard InChI is InChI=1S/C17H18N6/c1-19-17(12-4-6-15(18)7-5-12)16-8-13(11-23(16)20-2)14-9-21-22(3)10-14/h4-11H,2,18H2,1,3H3. The van der Waals surface area contributed by atoms with E-state index < -0.39 is 0 Å². The van der Waals surface area contributed by atoms with Crippen LogP contribution in [-0.4, -0.2) is 33.9 Å². The number of aliphatic imine (C=N–C) groups is 1. The highest BCUT2D eigenvalue weighted by molar-refractivity contribution is 6.12. The summed E-state index contributed by atoms with van der Waals surface area (Å²) in [4.78, 5) is 4.43. The summed E-state index contributed by atoms with van der Waals surface area (Å²) in [5.41, 5.74) is 11.2. The number of benzene rings is 1. The molecule has 0 fully saturated rings. The van der Waals surface area contributed by atoms with Crippen LogP contribution in [0.25, 0.3) is 11.1 Å². The summed E-state index contributed by atoms with van der Waals surface area (Å²) in [7, 11) is 3.65. The fourth-order valence-corrected chi connectivity index (χ4v) is 2.51. The summed E-state index contributed by atoms with van der Waals surface area (Å²) in [5, 5.41) is 8.28. The lowest BCUT2D eigenvalue weighted by Gasteiger charge is -2.07. The maximum Gasteiger partial charge on any atom is 0.0910 e. The Bertz CT molecular complexity index is 867. The van der Waals surface area contributed by atoms with E-state index >= 15 is 0 Å². The molecule has 0 saturated carbocycles. The van der Waals surface area contributed by atoms with E-state index in [-0.39, 0.29) is 0 Å². The predicted molar refractivity (Wildman–Crippen MR) is 94.0 cm³/mol. The molecule has 1 aromatic carbocycles. The van der Waals surface area contributed by atoms with Crippen LogP contribution in [0.3, 0.4) is 0 Å². The van der Waals surface area contributed by atoms with Gasteiger partial charge in [-0.05, 0) is 18.2 Å². The van der Waals surface area contributed by atoms with Gasteiger partial charge in [-0.2, -0.15) is 10.2 Å². The SMILES string of the molecule is C=Nn1cc(-c2cnn(C)c2)cc1C(=NC)c1ccc(N)cc1. The Morgan fingerprint density at radius 3 is 2.48 bits per heavy atom. The highest BCUT2D eigenvalue weighted by Gasteiger charge is 2.15. The van der Waals surface area contributed by atoms with E-state index in [1.807, 2.05) is 56.0 Å². The first-order valence-corrected chi connectivity index (χ1v) is 7.14. The third-order valence-electron chi connectivity index (χ3n) is 3.64. The van der Waals surface area contributed by atoms with Crippen molar-refractivity contribution < 1.29 is 0 Å². The van der Waals surface area contributed by atoms with Crippen molar-refractivity contribution in [2.45, 2.75) is 0 Å². The molecule has 0 bridgehead atoms. The second kappa shape index (κ2) is 5.92. The van der Waals surface area contributed by atoms with Crippen LogP contribution >= 0.6 is 0 Å². The van der Waals surface area contributed by atoms with Crippen molar-refractivity contribution in [3.8, 4) is 11.1 Å². The third kappa shape index (κ3) is 2.78. The van der Waals surface area contributed by atoms with Crippen LogP contribution in [0, 0.1) is 0 Å². The molecule has 0 spiro atoms. The normalized spacial score (nSPS) is 11.7. The Labute approximate surface area is 134 Å². The average molecular weight is 306 g/mol. The van der Waals surface area contributed by atoms with E-state index in [2.05, 4.69) is 21.9 Å². The first-order chi connectivity index (χ1) is 11.1. The highest BCUT2D eigenvalue weighted by Crippen LogP contribution is 2.24. The van der Waals surface area contributed by atoms with Crippen molar-refractivity contribution >= 4 is 18.1 Å². The van der Waals surface area contributed by atoms with Crippen molar-refractivity contribution in [3.63, 3.8) is 0 Å². The van der Waals surface area contributed by atoms with Gasteiger partial charge in [0.1, 0.15) is 0 Å². The summed E-state index contributed by atoms with van der Waals surface area (Å²) in [6, 6.07) is 9.64. The molecule has 2 aromatic heterocycles. The van der Waals surface area contributed by atoms with Gasteiger partial charge in [0.15, 0.2) is 0 Å². The molecule has 116 valence electrons. The molecule has 0 saturated heterocycles. The van der Waals surface area contributed by atoms with Gasteiger partial charge in [-0.1, -0.05) is 12.1 Å². The van der Waals surface area contributed by atoms with Gasteiger partial charge in [0, 0.05) is 55.6 Å². The van der Waals surface area contributed by atoms with Crippen LogP contribution in [0.2, 0.25) is 0 Å². The highest BCUT2D eigenvalue weighted by atomic mass is 15.3. The van der Waals surface area contributed by atoms with Gasteiger partial charge in [-0.3, -0.25) is 9.67 Å². The molecule has 0 amide bonds. The lowest BCUT2D eigenvalue weighted by molar-refractivity contribution is 0.768. The number of hydrogen-bond donors (Lipinski definition) is 1. The molecule has 3 aromatic rings. The summed E-state index contributed by atoms with van der Waals surface area (Å²) >= 11 is 0. The summed E-state index contributed by atoms with van der Waals surface area (Å²) in [6.45, 7) is 3.65. The lowest BCUT2D eigenvalue weighted by Crippen LogP contribution is -2.08. The number of hydrogen-bond acceptors (Lipinski definition) is 4. The molecular formula is C17H18N6. The minimum absolute atomic E-state index is 0.720. The fraction of sp³-hybridized carbons (Fsp3) is 0.118. The number of nitrogen functional groups attached to an aromatic ring is 1. The van der Waals surface area contributed by atoms with Gasteiger partial charge in [-0.15, -0.1) is 0 Å². The Morgan fingerprint density at radius 1 is 1.17 bits per heavy atom. The minimum Gasteiger partial charge on any atom is -0.399 e. The van der Waals surface area contributed by atoms with Crippen LogP contribution < -0.4 is 5.73 Å². The van der Waals surface area contributed by atoms with Crippen molar-refractivity contribution in [2.24, 2.45) is 17.1 Å². The third-order valence-corrected chi connectivity index (χ3v) is 3.64. The quantitative estimate of drug-likeness (QED) is 0.594. The first-order valence-electron chi connectivity index (χ1n) is 7.14. The molecule has 0 radical (unpaired) electrons. The van der Waals surface area contributed by atoms with E-state index in [0.29, 0.717) is 0 Å². The van der Waals surface area contributed by atoms with Crippen LogP contribution in [-0.2, 0) is 7.05 Å². The molecule has 23 heavy (non-hydrogen) atoms. The van der Waals surface area contributed by atoms with Gasteiger partial charge in [0.05, 0.1) is 17.6 Å². The number of anilines is 1. The Kier molecular flexibility index (Phi) is 3.80. The average Bonchev–Trinajstić information content (AvgIpc) is 3.16. The zero-order chi connectivity index (χ0) is 16.4. The molecule has 0 aliphatic carbocycles. The predicted octanol–water partition coefficient (Wildman–Crippen LogP) is 2.40. The van der Waals surface area contributed by atoms with Crippen molar-refractivity contribution in [3.05, 3.63) is 60.2 Å². The van der Waals surface area contributed by atoms with Crippen molar-refractivity contribution in [2.75, 3.05) is 12.8 Å².